The molecule has 0 bridgehead atoms. The lowest BCUT2D eigenvalue weighted by atomic mass is 10.0. The minimum atomic E-state index is -1.07. The topological polar surface area (TPSA) is 74.6 Å². The van der Waals surface area contributed by atoms with Gasteiger partial charge in [0, 0.05) is 0 Å². The molecule has 88 valence electrons. The van der Waals surface area contributed by atoms with Gasteiger partial charge in [-0.05, 0) is 30.2 Å². The molecule has 0 aromatic heterocycles. The Morgan fingerprint density at radius 1 is 1.24 bits per heavy atom. The first-order valence-electron chi connectivity index (χ1n) is 4.93. The fraction of sp³-hybridized carbons (Fsp3) is 0.0769. The fourth-order valence-electron chi connectivity index (χ4n) is 1.40. The molecule has 0 aliphatic rings. The number of carbonyl (C=O) groups is 2. The van der Waals surface area contributed by atoms with Crippen molar-refractivity contribution in [1.29, 1.82) is 0 Å². The Balaban J connectivity index is 3.15. The molecule has 2 N–H and O–H groups in total. The predicted molar refractivity (Wildman–Crippen MR) is 63.4 cm³/mol. The van der Waals surface area contributed by atoms with Gasteiger partial charge in [-0.15, -0.1) is 0 Å². The molecule has 0 spiro atoms. The van der Waals surface area contributed by atoms with Crippen molar-refractivity contribution in [3.05, 3.63) is 59.7 Å². The van der Waals surface area contributed by atoms with Crippen molar-refractivity contribution in [1.82, 2.24) is 0 Å². The molecule has 0 aliphatic heterocycles. The van der Waals surface area contributed by atoms with Crippen molar-refractivity contribution >= 4 is 11.9 Å². The van der Waals surface area contributed by atoms with Gasteiger partial charge in [0.25, 0.3) is 0 Å². The molecule has 4 nitrogen and oxygen atoms in total. The lowest BCUT2D eigenvalue weighted by molar-refractivity contribution is 0.0680. The van der Waals surface area contributed by atoms with E-state index in [4.69, 9.17) is 10.2 Å². The maximum Gasteiger partial charge on any atom is 0.335 e. The molecule has 4 heteroatoms. The van der Waals surface area contributed by atoms with E-state index >= 15 is 0 Å². The van der Waals surface area contributed by atoms with Crippen LogP contribution in [-0.2, 0) is 6.42 Å². The van der Waals surface area contributed by atoms with E-state index in [9.17, 15) is 9.59 Å². The zero-order valence-corrected chi connectivity index (χ0v) is 9.09. The Hall–Kier alpha value is -2.36. The van der Waals surface area contributed by atoms with Crippen molar-refractivity contribution in [2.24, 2.45) is 0 Å². The predicted octanol–water partition coefficient (Wildman–Crippen LogP) is 2.37. The van der Waals surface area contributed by atoms with E-state index in [1.807, 2.05) is 0 Å². The second-order valence-electron chi connectivity index (χ2n) is 3.35. The van der Waals surface area contributed by atoms with Gasteiger partial charge >= 0.3 is 11.9 Å². The average molecular weight is 232 g/mol. The Morgan fingerprint density at radius 2 is 1.94 bits per heavy atom. The number of hydrogen-bond acceptors (Lipinski definition) is 2. The van der Waals surface area contributed by atoms with E-state index in [1.165, 1.54) is 18.2 Å². The van der Waals surface area contributed by atoms with E-state index in [-0.39, 0.29) is 11.1 Å². The molecule has 0 radical (unpaired) electrons. The largest absolute Gasteiger partial charge is 0.478 e. The summed E-state index contributed by atoms with van der Waals surface area (Å²) in [4.78, 5) is 21.7. The summed E-state index contributed by atoms with van der Waals surface area (Å²) in [6.07, 6.45) is 5.33. The van der Waals surface area contributed by atoms with Gasteiger partial charge in [0.15, 0.2) is 0 Å². The number of benzene rings is 1. The van der Waals surface area contributed by atoms with Crippen LogP contribution >= 0.6 is 0 Å². The molecule has 1 aromatic rings. The third-order valence-electron chi connectivity index (χ3n) is 2.19. The van der Waals surface area contributed by atoms with Crippen LogP contribution in [0.3, 0.4) is 0 Å². The van der Waals surface area contributed by atoms with Crippen LogP contribution in [0.25, 0.3) is 0 Å². The molecule has 0 aliphatic carbocycles. The Labute approximate surface area is 98.5 Å². The Kier molecular flexibility index (Phi) is 4.22. The highest BCUT2D eigenvalue weighted by Crippen LogP contribution is 2.14. The number of allylic oxidation sites excluding steroid dienone is 3. The zero-order valence-electron chi connectivity index (χ0n) is 9.09. The second kappa shape index (κ2) is 5.65. The van der Waals surface area contributed by atoms with Crippen molar-refractivity contribution in [3.63, 3.8) is 0 Å². The third-order valence-corrected chi connectivity index (χ3v) is 2.19. The van der Waals surface area contributed by atoms with E-state index in [2.05, 4.69) is 6.58 Å². The highest BCUT2D eigenvalue weighted by molar-refractivity contribution is 5.93. The van der Waals surface area contributed by atoms with Crippen LogP contribution in [-0.4, -0.2) is 22.2 Å². The highest BCUT2D eigenvalue weighted by Gasteiger charge is 2.12. The van der Waals surface area contributed by atoms with Gasteiger partial charge in [0.2, 0.25) is 0 Å². The van der Waals surface area contributed by atoms with Crippen molar-refractivity contribution in [3.8, 4) is 0 Å². The number of hydrogen-bond donors (Lipinski definition) is 2. The first-order valence-corrected chi connectivity index (χ1v) is 4.93. The van der Waals surface area contributed by atoms with Gasteiger partial charge in [-0.3, -0.25) is 0 Å². The first kappa shape index (κ1) is 12.7. The summed E-state index contributed by atoms with van der Waals surface area (Å²) >= 11 is 0. The number of carboxylic acid groups (broad SMARTS) is 2. The Morgan fingerprint density at radius 3 is 2.47 bits per heavy atom. The quantitative estimate of drug-likeness (QED) is 0.764. The van der Waals surface area contributed by atoms with Crippen molar-refractivity contribution in [2.75, 3.05) is 0 Å². The second-order valence-corrected chi connectivity index (χ2v) is 3.35. The molecular formula is C13H12O4. The SMILES string of the molecule is C=CC=CCc1cc(C(=O)O)ccc1C(=O)O. The van der Waals surface area contributed by atoms with Crippen molar-refractivity contribution < 1.29 is 19.8 Å². The minimum Gasteiger partial charge on any atom is -0.478 e. The maximum atomic E-state index is 10.9. The van der Waals surface area contributed by atoms with Gasteiger partial charge in [-0.2, -0.15) is 0 Å². The molecule has 1 rings (SSSR count). The minimum absolute atomic E-state index is 0.0806. The smallest absolute Gasteiger partial charge is 0.335 e. The lowest BCUT2D eigenvalue weighted by Crippen LogP contribution is -2.05. The average Bonchev–Trinajstić information content (AvgIpc) is 2.28. The summed E-state index contributed by atoms with van der Waals surface area (Å²) in [7, 11) is 0. The van der Waals surface area contributed by atoms with Crippen LogP contribution in [0.2, 0.25) is 0 Å². The van der Waals surface area contributed by atoms with Gasteiger partial charge in [0.05, 0.1) is 11.1 Å². The zero-order chi connectivity index (χ0) is 12.8. The molecule has 17 heavy (non-hydrogen) atoms. The standard InChI is InChI=1S/C13H12O4/c1-2-3-4-5-9-8-10(12(14)15)6-7-11(9)13(16)17/h2-4,6-8H,1,5H2,(H,14,15)(H,16,17). The summed E-state index contributed by atoms with van der Waals surface area (Å²) in [5.41, 5.74) is 0.663. The molecule has 0 amide bonds. The van der Waals surface area contributed by atoms with Crippen LogP contribution in [0, 0.1) is 0 Å². The molecule has 0 saturated carbocycles. The molecule has 0 atom stereocenters. The maximum absolute atomic E-state index is 10.9. The third kappa shape index (κ3) is 3.31. The van der Waals surface area contributed by atoms with Crippen LogP contribution < -0.4 is 0 Å². The van der Waals surface area contributed by atoms with Gasteiger partial charge in [0.1, 0.15) is 0 Å². The fourth-order valence-corrected chi connectivity index (χ4v) is 1.40. The normalized spacial score (nSPS) is 10.4. The van der Waals surface area contributed by atoms with E-state index in [1.54, 1.807) is 18.2 Å². The van der Waals surface area contributed by atoms with E-state index in [0.717, 1.165) is 0 Å². The van der Waals surface area contributed by atoms with Gasteiger partial charge in [-0.1, -0.05) is 24.8 Å². The Bertz CT molecular complexity index is 486. The van der Waals surface area contributed by atoms with E-state index < -0.39 is 11.9 Å². The van der Waals surface area contributed by atoms with Crippen molar-refractivity contribution in [2.45, 2.75) is 6.42 Å². The molecule has 0 heterocycles. The van der Waals surface area contributed by atoms with Crippen LogP contribution in [0.5, 0.6) is 0 Å². The lowest BCUT2D eigenvalue weighted by Gasteiger charge is -2.04. The number of rotatable bonds is 5. The van der Waals surface area contributed by atoms with Gasteiger partial charge < -0.3 is 10.2 Å². The highest BCUT2D eigenvalue weighted by atomic mass is 16.4. The first-order chi connectivity index (χ1) is 8.06. The van der Waals surface area contributed by atoms with Crippen LogP contribution in [0.1, 0.15) is 26.3 Å². The molecular weight excluding hydrogens is 220 g/mol. The van der Waals surface area contributed by atoms with Crippen LogP contribution in [0.15, 0.2) is 43.0 Å². The summed E-state index contributed by atoms with van der Waals surface area (Å²) < 4.78 is 0. The number of aromatic carboxylic acids is 2. The van der Waals surface area contributed by atoms with Crippen LogP contribution in [0.4, 0.5) is 0 Å². The monoisotopic (exact) mass is 232 g/mol. The van der Waals surface area contributed by atoms with E-state index in [0.29, 0.717) is 12.0 Å². The molecule has 1 aromatic carbocycles. The molecule has 0 saturated heterocycles. The summed E-state index contributed by atoms with van der Waals surface area (Å²) in [5.74, 6) is -2.14. The van der Waals surface area contributed by atoms with Gasteiger partial charge in [-0.25, -0.2) is 9.59 Å². The molecule has 0 fully saturated rings. The summed E-state index contributed by atoms with van der Waals surface area (Å²) in [6, 6.07) is 3.97. The summed E-state index contributed by atoms with van der Waals surface area (Å²) in [5, 5.41) is 17.8. The number of carboxylic acids is 2. The summed E-state index contributed by atoms with van der Waals surface area (Å²) in [6.45, 7) is 3.50. The molecule has 0 unspecified atom stereocenters.